The fourth-order valence-electron chi connectivity index (χ4n) is 3.86. The fraction of sp³-hybridized carbons (Fsp3) is 0.208. The van der Waals surface area contributed by atoms with E-state index in [9.17, 15) is 14.4 Å². The molecule has 10 heteroatoms. The average molecular weight is 476 g/mol. The zero-order chi connectivity index (χ0) is 23.7. The van der Waals surface area contributed by atoms with Gasteiger partial charge in [-0.05, 0) is 37.3 Å². The highest BCUT2D eigenvalue weighted by Crippen LogP contribution is 2.34. The molecule has 0 N–H and O–H groups in total. The minimum absolute atomic E-state index is 0.271. The summed E-state index contributed by atoms with van der Waals surface area (Å²) in [4.78, 5) is 46.2. The third kappa shape index (κ3) is 3.92. The van der Waals surface area contributed by atoms with Gasteiger partial charge in [-0.25, -0.2) is 4.98 Å². The first-order valence-electron chi connectivity index (χ1n) is 10.8. The largest absolute Gasteiger partial charge is 0.492 e. The molecule has 0 radical (unpaired) electrons. The molecule has 1 aliphatic rings. The van der Waals surface area contributed by atoms with Crippen LogP contribution in [0, 0.1) is 0 Å². The van der Waals surface area contributed by atoms with Crippen molar-refractivity contribution in [1.29, 1.82) is 0 Å². The molecule has 0 aliphatic carbocycles. The van der Waals surface area contributed by atoms with E-state index in [1.54, 1.807) is 47.4 Å². The predicted molar refractivity (Wildman–Crippen MR) is 127 cm³/mol. The number of hydrogen-bond acceptors (Lipinski definition) is 7. The molecule has 0 saturated heterocycles. The number of hydrogen-bond donors (Lipinski definition) is 0. The summed E-state index contributed by atoms with van der Waals surface area (Å²) in [5.74, 6) is -0.700. The summed E-state index contributed by atoms with van der Waals surface area (Å²) in [6.07, 6.45) is 3.47. The van der Waals surface area contributed by atoms with Gasteiger partial charge >= 0.3 is 0 Å². The van der Waals surface area contributed by atoms with Crippen LogP contribution in [0.2, 0.25) is 0 Å². The third-order valence-electron chi connectivity index (χ3n) is 5.49. The van der Waals surface area contributed by atoms with Crippen molar-refractivity contribution in [1.82, 2.24) is 19.7 Å². The standard InChI is InChI=1S/C24H21N5O4S/c1-2-33-18-9-5-10-19-21(18)26-24(34-19)28(14-13-27-12-6-11-25-27)20(30)15-29-22(31)16-7-3-4-8-17(16)23(29)32/h3-12H,2,13-15H2,1H3. The first kappa shape index (κ1) is 21.8. The smallest absolute Gasteiger partial charge is 0.262 e. The van der Waals surface area contributed by atoms with Crippen LogP contribution in [0.1, 0.15) is 27.6 Å². The van der Waals surface area contributed by atoms with E-state index in [0.29, 0.717) is 40.7 Å². The van der Waals surface area contributed by atoms with Crippen LogP contribution >= 0.6 is 11.3 Å². The molecule has 4 aromatic rings. The second-order valence-electron chi connectivity index (χ2n) is 7.59. The molecule has 0 spiro atoms. The topological polar surface area (TPSA) is 97.6 Å². The molecule has 3 heterocycles. The molecule has 2 aromatic carbocycles. The molecule has 172 valence electrons. The van der Waals surface area contributed by atoms with Gasteiger partial charge in [0.1, 0.15) is 17.8 Å². The van der Waals surface area contributed by atoms with Crippen LogP contribution < -0.4 is 9.64 Å². The zero-order valence-electron chi connectivity index (χ0n) is 18.4. The van der Waals surface area contributed by atoms with Crippen LogP contribution in [0.15, 0.2) is 60.9 Å². The first-order chi connectivity index (χ1) is 16.6. The molecule has 0 atom stereocenters. The van der Waals surface area contributed by atoms with E-state index in [2.05, 4.69) is 10.1 Å². The second-order valence-corrected chi connectivity index (χ2v) is 8.60. The van der Waals surface area contributed by atoms with Crippen LogP contribution in [-0.4, -0.2) is 57.1 Å². The number of amides is 3. The lowest BCUT2D eigenvalue weighted by molar-refractivity contribution is -0.119. The molecule has 1 aliphatic heterocycles. The van der Waals surface area contributed by atoms with Gasteiger partial charge in [0.15, 0.2) is 5.13 Å². The van der Waals surface area contributed by atoms with Gasteiger partial charge in [-0.3, -0.25) is 28.9 Å². The van der Waals surface area contributed by atoms with Crippen molar-refractivity contribution < 1.29 is 19.1 Å². The Balaban J connectivity index is 1.45. The van der Waals surface area contributed by atoms with Crippen molar-refractivity contribution in [3.8, 4) is 5.75 Å². The number of ether oxygens (including phenoxy) is 1. The maximum Gasteiger partial charge on any atom is 0.262 e. The number of imide groups is 1. The van der Waals surface area contributed by atoms with Gasteiger partial charge in [-0.2, -0.15) is 5.10 Å². The number of para-hydroxylation sites is 1. The maximum absolute atomic E-state index is 13.5. The summed E-state index contributed by atoms with van der Waals surface area (Å²) in [5, 5.41) is 4.67. The fourth-order valence-corrected chi connectivity index (χ4v) is 4.89. The van der Waals surface area contributed by atoms with Gasteiger partial charge in [-0.15, -0.1) is 0 Å². The van der Waals surface area contributed by atoms with E-state index in [0.717, 1.165) is 9.60 Å². The van der Waals surface area contributed by atoms with Gasteiger partial charge < -0.3 is 4.74 Å². The summed E-state index contributed by atoms with van der Waals surface area (Å²) in [6.45, 7) is 2.71. The summed E-state index contributed by atoms with van der Waals surface area (Å²) in [5.41, 5.74) is 1.29. The quantitative estimate of drug-likeness (QED) is 0.363. The van der Waals surface area contributed by atoms with E-state index in [1.165, 1.54) is 16.2 Å². The Kier molecular flexibility index (Phi) is 5.81. The van der Waals surface area contributed by atoms with Gasteiger partial charge in [-0.1, -0.05) is 29.5 Å². The zero-order valence-corrected chi connectivity index (χ0v) is 19.2. The molecule has 0 saturated carbocycles. The Labute approximate surface area is 199 Å². The van der Waals surface area contributed by atoms with E-state index in [4.69, 9.17) is 4.74 Å². The van der Waals surface area contributed by atoms with Crippen LogP contribution in [0.4, 0.5) is 5.13 Å². The Bertz CT molecular complexity index is 1350. The number of thiazole rings is 1. The summed E-state index contributed by atoms with van der Waals surface area (Å²) < 4.78 is 8.28. The lowest BCUT2D eigenvalue weighted by Gasteiger charge is -2.22. The normalized spacial score (nSPS) is 12.9. The van der Waals surface area contributed by atoms with Crippen molar-refractivity contribution in [2.75, 3.05) is 24.6 Å². The predicted octanol–water partition coefficient (Wildman–Crippen LogP) is 3.22. The number of anilines is 1. The van der Waals surface area contributed by atoms with Crippen LogP contribution in [0.25, 0.3) is 10.2 Å². The van der Waals surface area contributed by atoms with Crippen molar-refractivity contribution in [2.45, 2.75) is 13.5 Å². The lowest BCUT2D eigenvalue weighted by Crippen LogP contribution is -2.44. The molecule has 34 heavy (non-hydrogen) atoms. The van der Waals surface area contributed by atoms with Crippen LogP contribution in [0.3, 0.4) is 0 Å². The highest BCUT2D eigenvalue weighted by molar-refractivity contribution is 7.22. The Morgan fingerprint density at radius 1 is 1.06 bits per heavy atom. The van der Waals surface area contributed by atoms with E-state index >= 15 is 0 Å². The van der Waals surface area contributed by atoms with E-state index in [1.807, 2.05) is 25.1 Å². The van der Waals surface area contributed by atoms with E-state index in [-0.39, 0.29) is 13.1 Å². The molecule has 2 aromatic heterocycles. The molecule has 0 unspecified atom stereocenters. The van der Waals surface area contributed by atoms with Crippen molar-refractivity contribution >= 4 is 44.4 Å². The number of carbonyl (C=O) groups excluding carboxylic acids is 3. The highest BCUT2D eigenvalue weighted by atomic mass is 32.1. The number of nitrogens with zero attached hydrogens (tertiary/aromatic N) is 5. The second kappa shape index (κ2) is 9.06. The van der Waals surface area contributed by atoms with Gasteiger partial charge in [0, 0.05) is 18.9 Å². The molecule has 0 fully saturated rings. The molecular weight excluding hydrogens is 454 g/mol. The van der Waals surface area contributed by atoms with Gasteiger partial charge in [0.05, 0.1) is 29.0 Å². The SMILES string of the molecule is CCOc1cccc2sc(N(CCn3cccn3)C(=O)CN3C(=O)c4ccccc4C3=O)nc12. The summed E-state index contributed by atoms with van der Waals surface area (Å²) >= 11 is 1.35. The molecule has 3 amide bonds. The molecular formula is C24H21N5O4S. The van der Waals surface area contributed by atoms with Gasteiger partial charge in [0.2, 0.25) is 5.91 Å². The minimum atomic E-state index is -0.469. The number of rotatable bonds is 8. The van der Waals surface area contributed by atoms with Crippen LogP contribution in [0.5, 0.6) is 5.75 Å². The number of fused-ring (bicyclic) bond motifs is 2. The Morgan fingerprint density at radius 2 is 1.82 bits per heavy atom. The maximum atomic E-state index is 13.5. The Morgan fingerprint density at radius 3 is 2.50 bits per heavy atom. The van der Waals surface area contributed by atoms with Gasteiger partial charge in [0.25, 0.3) is 11.8 Å². The minimum Gasteiger partial charge on any atom is -0.492 e. The average Bonchev–Trinajstić information content (AvgIpc) is 3.57. The van der Waals surface area contributed by atoms with Crippen LogP contribution in [-0.2, 0) is 11.3 Å². The number of benzene rings is 2. The highest BCUT2D eigenvalue weighted by Gasteiger charge is 2.37. The van der Waals surface area contributed by atoms with Crippen molar-refractivity contribution in [3.63, 3.8) is 0 Å². The summed E-state index contributed by atoms with van der Waals surface area (Å²) in [7, 11) is 0. The molecule has 5 rings (SSSR count). The Hall–Kier alpha value is -4.05. The molecule has 9 nitrogen and oxygen atoms in total. The lowest BCUT2D eigenvalue weighted by atomic mass is 10.1. The van der Waals surface area contributed by atoms with Crippen molar-refractivity contribution in [3.05, 3.63) is 72.1 Å². The number of carbonyl (C=O) groups is 3. The molecule has 0 bridgehead atoms. The summed E-state index contributed by atoms with van der Waals surface area (Å²) in [6, 6.07) is 14.0. The van der Waals surface area contributed by atoms with Crippen molar-refractivity contribution in [2.24, 2.45) is 0 Å². The number of aromatic nitrogens is 3. The monoisotopic (exact) mass is 475 g/mol. The van der Waals surface area contributed by atoms with E-state index < -0.39 is 17.7 Å². The first-order valence-corrected chi connectivity index (χ1v) is 11.6. The third-order valence-corrected chi connectivity index (χ3v) is 6.53.